The Bertz CT molecular complexity index is 367. The molecule has 1 aliphatic rings. The van der Waals surface area contributed by atoms with Gasteiger partial charge >= 0.3 is 0 Å². The molecule has 80 valence electrons. The molecule has 0 spiro atoms. The minimum Gasteiger partial charge on any atom is -0.300 e. The SMILES string of the molecule is O=C1CCCC(c2c(F)cccc2F)C1. The predicted molar refractivity (Wildman–Crippen MR) is 52.6 cm³/mol. The van der Waals surface area contributed by atoms with Crippen molar-refractivity contribution in [2.24, 2.45) is 0 Å². The third kappa shape index (κ3) is 2.06. The van der Waals surface area contributed by atoms with Gasteiger partial charge in [0.2, 0.25) is 0 Å². The van der Waals surface area contributed by atoms with E-state index in [2.05, 4.69) is 0 Å². The number of carbonyl (C=O) groups is 1. The summed E-state index contributed by atoms with van der Waals surface area (Å²) in [7, 11) is 0. The molecule has 1 aromatic rings. The minimum atomic E-state index is -0.533. The molecule has 0 aromatic heterocycles. The van der Waals surface area contributed by atoms with Crippen molar-refractivity contribution >= 4 is 5.78 Å². The average Bonchev–Trinajstić information content (AvgIpc) is 2.17. The molecule has 0 radical (unpaired) electrons. The maximum atomic E-state index is 13.4. The Morgan fingerprint density at radius 3 is 2.47 bits per heavy atom. The molecule has 1 saturated carbocycles. The van der Waals surface area contributed by atoms with E-state index >= 15 is 0 Å². The minimum absolute atomic E-state index is 0.0885. The smallest absolute Gasteiger partial charge is 0.133 e. The molecule has 15 heavy (non-hydrogen) atoms. The standard InChI is InChI=1S/C12H12F2O/c13-10-5-2-6-11(14)12(10)8-3-1-4-9(15)7-8/h2,5-6,8H,1,3-4,7H2. The molecule has 0 aliphatic heterocycles. The van der Waals surface area contributed by atoms with Crippen LogP contribution in [-0.4, -0.2) is 5.78 Å². The lowest BCUT2D eigenvalue weighted by Gasteiger charge is -2.21. The maximum Gasteiger partial charge on any atom is 0.133 e. The highest BCUT2D eigenvalue weighted by Gasteiger charge is 2.25. The highest BCUT2D eigenvalue weighted by Crippen LogP contribution is 2.33. The third-order valence-electron chi connectivity index (χ3n) is 2.89. The van der Waals surface area contributed by atoms with Crippen LogP contribution in [0.2, 0.25) is 0 Å². The summed E-state index contributed by atoms with van der Waals surface area (Å²) in [5.74, 6) is -1.23. The molecule has 0 amide bonds. The number of halogens is 2. The van der Waals surface area contributed by atoms with Crippen LogP contribution in [-0.2, 0) is 4.79 Å². The molecule has 1 atom stereocenters. The van der Waals surface area contributed by atoms with E-state index in [9.17, 15) is 13.6 Å². The van der Waals surface area contributed by atoms with Gasteiger partial charge in [-0.05, 0) is 30.9 Å². The second kappa shape index (κ2) is 4.09. The van der Waals surface area contributed by atoms with E-state index in [0.29, 0.717) is 12.8 Å². The van der Waals surface area contributed by atoms with E-state index in [1.54, 1.807) is 0 Å². The summed E-state index contributed by atoms with van der Waals surface area (Å²) < 4.78 is 26.8. The zero-order valence-corrected chi connectivity index (χ0v) is 8.30. The van der Waals surface area contributed by atoms with Crippen molar-refractivity contribution in [1.29, 1.82) is 0 Å². The summed E-state index contributed by atoms with van der Waals surface area (Å²) >= 11 is 0. The molecular weight excluding hydrogens is 198 g/mol. The first-order chi connectivity index (χ1) is 7.18. The summed E-state index contributed by atoms with van der Waals surface area (Å²) in [6.45, 7) is 0. The van der Waals surface area contributed by atoms with Gasteiger partial charge in [-0.25, -0.2) is 8.78 Å². The van der Waals surface area contributed by atoms with Crippen molar-refractivity contribution < 1.29 is 13.6 Å². The van der Waals surface area contributed by atoms with Crippen LogP contribution in [0.15, 0.2) is 18.2 Å². The molecular formula is C12H12F2O. The van der Waals surface area contributed by atoms with Crippen molar-refractivity contribution in [2.45, 2.75) is 31.6 Å². The van der Waals surface area contributed by atoms with Gasteiger partial charge in [0.25, 0.3) is 0 Å². The second-order valence-electron chi connectivity index (χ2n) is 3.97. The van der Waals surface area contributed by atoms with Crippen LogP contribution >= 0.6 is 0 Å². The molecule has 0 heterocycles. The van der Waals surface area contributed by atoms with E-state index in [-0.39, 0.29) is 23.7 Å². The molecule has 2 rings (SSSR count). The Kier molecular flexibility index (Phi) is 2.80. The summed E-state index contributed by atoms with van der Waals surface area (Å²) in [5, 5.41) is 0. The maximum absolute atomic E-state index is 13.4. The van der Waals surface area contributed by atoms with E-state index in [1.807, 2.05) is 0 Å². The van der Waals surface area contributed by atoms with Gasteiger partial charge in [0.05, 0.1) is 0 Å². The van der Waals surface area contributed by atoms with Gasteiger partial charge in [-0.3, -0.25) is 4.79 Å². The van der Waals surface area contributed by atoms with E-state index in [1.165, 1.54) is 18.2 Å². The Morgan fingerprint density at radius 1 is 1.20 bits per heavy atom. The van der Waals surface area contributed by atoms with Crippen molar-refractivity contribution in [1.82, 2.24) is 0 Å². The lowest BCUT2D eigenvalue weighted by molar-refractivity contribution is -0.120. The van der Waals surface area contributed by atoms with Crippen molar-refractivity contribution in [3.63, 3.8) is 0 Å². The molecule has 1 aliphatic carbocycles. The summed E-state index contributed by atoms with van der Waals surface area (Å²) in [6, 6.07) is 3.84. The van der Waals surface area contributed by atoms with Crippen LogP contribution in [0, 0.1) is 11.6 Å². The summed E-state index contributed by atoms with van der Waals surface area (Å²) in [5.41, 5.74) is 0.0885. The van der Waals surface area contributed by atoms with Crippen molar-refractivity contribution in [3.05, 3.63) is 35.4 Å². The molecule has 1 fully saturated rings. The second-order valence-corrected chi connectivity index (χ2v) is 3.97. The number of rotatable bonds is 1. The Morgan fingerprint density at radius 2 is 1.87 bits per heavy atom. The molecule has 0 saturated heterocycles. The van der Waals surface area contributed by atoms with Crippen LogP contribution < -0.4 is 0 Å². The average molecular weight is 210 g/mol. The molecule has 1 aromatic carbocycles. The Labute approximate surface area is 87.1 Å². The van der Waals surface area contributed by atoms with E-state index in [0.717, 1.165) is 6.42 Å². The largest absolute Gasteiger partial charge is 0.300 e. The Hall–Kier alpha value is -1.25. The molecule has 0 N–H and O–H groups in total. The van der Waals surface area contributed by atoms with Gasteiger partial charge in [-0.15, -0.1) is 0 Å². The zero-order chi connectivity index (χ0) is 10.8. The van der Waals surface area contributed by atoms with Crippen LogP contribution in [0.5, 0.6) is 0 Å². The first kappa shape index (κ1) is 10.3. The molecule has 1 nitrogen and oxygen atoms in total. The fourth-order valence-corrected chi connectivity index (χ4v) is 2.17. The number of hydrogen-bond acceptors (Lipinski definition) is 1. The highest BCUT2D eigenvalue weighted by molar-refractivity contribution is 5.80. The summed E-state index contributed by atoms with van der Waals surface area (Å²) in [6.07, 6.45) is 2.26. The van der Waals surface area contributed by atoms with Gasteiger partial charge in [0, 0.05) is 18.4 Å². The van der Waals surface area contributed by atoms with Crippen molar-refractivity contribution in [3.8, 4) is 0 Å². The number of carbonyl (C=O) groups excluding carboxylic acids is 1. The first-order valence-electron chi connectivity index (χ1n) is 5.14. The predicted octanol–water partition coefficient (Wildman–Crippen LogP) is 3.19. The lowest BCUT2D eigenvalue weighted by Crippen LogP contribution is -2.15. The normalized spacial score (nSPS) is 21.7. The fraction of sp³-hybridized carbons (Fsp3) is 0.417. The van der Waals surface area contributed by atoms with Crippen LogP contribution in [0.25, 0.3) is 0 Å². The number of Topliss-reactive ketones (excluding diaryl/α,β-unsaturated/α-hetero) is 1. The van der Waals surface area contributed by atoms with Gasteiger partial charge in [-0.1, -0.05) is 6.07 Å². The van der Waals surface area contributed by atoms with E-state index < -0.39 is 11.6 Å². The van der Waals surface area contributed by atoms with Gasteiger partial charge < -0.3 is 0 Å². The van der Waals surface area contributed by atoms with Gasteiger partial charge in [0.1, 0.15) is 17.4 Å². The quantitative estimate of drug-likeness (QED) is 0.695. The van der Waals surface area contributed by atoms with Crippen molar-refractivity contribution in [2.75, 3.05) is 0 Å². The summed E-state index contributed by atoms with van der Waals surface area (Å²) in [4.78, 5) is 11.2. The molecule has 1 unspecified atom stereocenters. The highest BCUT2D eigenvalue weighted by atomic mass is 19.1. The number of benzene rings is 1. The zero-order valence-electron chi connectivity index (χ0n) is 8.30. The fourth-order valence-electron chi connectivity index (χ4n) is 2.17. The van der Waals surface area contributed by atoms with E-state index in [4.69, 9.17) is 0 Å². The van der Waals surface area contributed by atoms with Crippen LogP contribution in [0.3, 0.4) is 0 Å². The van der Waals surface area contributed by atoms with Gasteiger partial charge in [-0.2, -0.15) is 0 Å². The lowest BCUT2D eigenvalue weighted by atomic mass is 9.83. The van der Waals surface area contributed by atoms with Crippen LogP contribution in [0.1, 0.15) is 37.2 Å². The monoisotopic (exact) mass is 210 g/mol. The van der Waals surface area contributed by atoms with Gasteiger partial charge in [0.15, 0.2) is 0 Å². The number of hydrogen-bond donors (Lipinski definition) is 0. The Balaban J connectivity index is 2.32. The topological polar surface area (TPSA) is 17.1 Å². The molecule has 3 heteroatoms. The third-order valence-corrected chi connectivity index (χ3v) is 2.89. The van der Waals surface area contributed by atoms with Crippen LogP contribution in [0.4, 0.5) is 8.78 Å². The molecule has 0 bridgehead atoms. The number of ketones is 1. The first-order valence-corrected chi connectivity index (χ1v) is 5.14.